The van der Waals surface area contributed by atoms with Crippen molar-refractivity contribution in [2.45, 2.75) is 65.3 Å². The fraction of sp³-hybridized carbons (Fsp3) is 0.255. The number of rotatable bonds is 16. The minimum absolute atomic E-state index is 0.0510. The van der Waals surface area contributed by atoms with Gasteiger partial charge in [0.1, 0.15) is 16.3 Å². The Bertz CT molecular complexity index is 2630. The number of carbonyl (C=O) groups excluding carboxylic acids is 2. The van der Waals surface area contributed by atoms with Gasteiger partial charge in [-0.2, -0.15) is 8.78 Å². The highest BCUT2D eigenvalue weighted by atomic mass is 32.1. The Kier molecular flexibility index (Phi) is 12.1. The van der Waals surface area contributed by atoms with Gasteiger partial charge < -0.3 is 14.1 Å². The Balaban J connectivity index is 1.47. The number of fused-ring (bicyclic) bond motifs is 5. The third kappa shape index (κ3) is 8.13. The molecule has 7 aromatic rings. The van der Waals surface area contributed by atoms with Gasteiger partial charge in [0.25, 0.3) is 0 Å². The van der Waals surface area contributed by atoms with Crippen molar-refractivity contribution in [2.24, 2.45) is 11.1 Å². The number of ether oxygens (including phenoxy) is 1. The Morgan fingerprint density at radius 1 is 0.810 bits per heavy atom. The second-order valence-electron chi connectivity index (χ2n) is 14.4. The second kappa shape index (κ2) is 17.4. The molecule has 11 heteroatoms. The lowest BCUT2D eigenvalue weighted by Gasteiger charge is -2.19. The number of unbranched alkanes of at least 4 members (excludes halogenated alkanes) is 1. The van der Waals surface area contributed by atoms with E-state index in [1.165, 1.54) is 18.2 Å². The minimum atomic E-state index is -4.42. The number of hydrogen-bond donors (Lipinski definition) is 0. The number of aromatic nitrogens is 1. The third-order valence-corrected chi connectivity index (χ3v) is 11.4. The summed E-state index contributed by atoms with van der Waals surface area (Å²) < 4.78 is 62.3. The zero-order valence-corrected chi connectivity index (χ0v) is 33.1. The number of nitrogens with zero attached hydrogens (tertiary/aromatic N) is 2. The molecule has 0 aliphatic rings. The maximum Gasteiger partial charge on any atom is 0.375 e. The molecule has 1 atom stereocenters. The van der Waals surface area contributed by atoms with Crippen LogP contribution in [0.1, 0.15) is 81.8 Å². The Hall–Kier alpha value is -5.81. The molecule has 298 valence electrons. The van der Waals surface area contributed by atoms with Crippen LogP contribution in [0.4, 0.5) is 17.6 Å². The quantitative estimate of drug-likeness (QED) is 0.0321. The summed E-state index contributed by atoms with van der Waals surface area (Å²) in [6.45, 7) is 5.42. The van der Waals surface area contributed by atoms with Gasteiger partial charge in [-0.05, 0) is 72.0 Å². The number of halogens is 4. The molecule has 5 aromatic carbocycles. The molecule has 0 saturated carbocycles. The number of thiophene rings is 1. The van der Waals surface area contributed by atoms with E-state index in [4.69, 9.17) is 9.57 Å². The molecular weight excluding hydrogens is 765 g/mol. The summed E-state index contributed by atoms with van der Waals surface area (Å²) in [5.74, 6) is -5.06. The molecule has 6 nitrogen and oxygen atoms in total. The molecule has 0 bridgehead atoms. The number of hydrogen-bond acceptors (Lipinski definition) is 6. The van der Waals surface area contributed by atoms with Crippen molar-refractivity contribution in [3.63, 3.8) is 0 Å². The number of alkyl halides is 4. The number of oxime groups is 1. The lowest BCUT2D eigenvalue weighted by molar-refractivity contribution is -0.148. The van der Waals surface area contributed by atoms with Gasteiger partial charge in [0, 0.05) is 50.5 Å². The molecule has 58 heavy (non-hydrogen) atoms. The first-order chi connectivity index (χ1) is 28.0. The molecule has 0 N–H and O–H groups in total. The van der Waals surface area contributed by atoms with Gasteiger partial charge >= 0.3 is 18.3 Å². The molecule has 0 aliphatic heterocycles. The van der Waals surface area contributed by atoms with Crippen LogP contribution in [0.2, 0.25) is 0 Å². The molecule has 0 fully saturated rings. The first kappa shape index (κ1) is 40.4. The maximum absolute atomic E-state index is 14.4. The SMILES string of the molecule is CCCCC(CC)Cn1c2ccc(/C(=N/OC(=O)c3cccs3)c3ccccc3OCC(F)(F)C(F)F)cc2c2cc(C(=O)c3ccccc3C)c3ccccc3c21. The predicted molar refractivity (Wildman–Crippen MR) is 223 cm³/mol. The summed E-state index contributed by atoms with van der Waals surface area (Å²) in [6, 6.07) is 32.3. The third-order valence-electron chi connectivity index (χ3n) is 10.6. The Morgan fingerprint density at radius 2 is 1.53 bits per heavy atom. The van der Waals surface area contributed by atoms with Crippen LogP contribution in [0.3, 0.4) is 0 Å². The summed E-state index contributed by atoms with van der Waals surface area (Å²) in [4.78, 5) is 33.3. The summed E-state index contributed by atoms with van der Waals surface area (Å²) >= 11 is 1.16. The van der Waals surface area contributed by atoms with Crippen LogP contribution in [0.5, 0.6) is 5.75 Å². The maximum atomic E-state index is 14.4. The highest BCUT2D eigenvalue weighted by Gasteiger charge is 2.42. The molecule has 0 spiro atoms. The summed E-state index contributed by atoms with van der Waals surface area (Å²) in [5, 5.41) is 9.34. The van der Waals surface area contributed by atoms with Crippen molar-refractivity contribution in [2.75, 3.05) is 6.61 Å². The van der Waals surface area contributed by atoms with Crippen LogP contribution in [-0.2, 0) is 11.4 Å². The van der Waals surface area contributed by atoms with E-state index in [9.17, 15) is 27.2 Å². The predicted octanol–water partition coefficient (Wildman–Crippen LogP) is 12.7. The smallest absolute Gasteiger partial charge is 0.375 e. The molecule has 2 aromatic heterocycles. The van der Waals surface area contributed by atoms with Gasteiger partial charge in [-0.1, -0.05) is 111 Å². The van der Waals surface area contributed by atoms with Crippen molar-refractivity contribution in [1.29, 1.82) is 0 Å². The zero-order chi connectivity index (χ0) is 41.0. The van der Waals surface area contributed by atoms with Crippen molar-refractivity contribution in [3.8, 4) is 5.75 Å². The van der Waals surface area contributed by atoms with Gasteiger partial charge in [-0.15, -0.1) is 11.3 Å². The van der Waals surface area contributed by atoms with E-state index in [1.807, 2.05) is 73.7 Å². The number of aryl methyl sites for hydroxylation is 1. The van der Waals surface area contributed by atoms with Crippen molar-refractivity contribution < 1.29 is 36.7 Å². The Labute approximate surface area is 337 Å². The van der Waals surface area contributed by atoms with Crippen LogP contribution >= 0.6 is 11.3 Å². The van der Waals surface area contributed by atoms with Gasteiger partial charge in [0.05, 0.1) is 5.52 Å². The Morgan fingerprint density at radius 3 is 2.24 bits per heavy atom. The van der Waals surface area contributed by atoms with E-state index in [0.29, 0.717) is 22.6 Å². The highest BCUT2D eigenvalue weighted by Crippen LogP contribution is 2.39. The topological polar surface area (TPSA) is 69.9 Å². The van der Waals surface area contributed by atoms with Gasteiger partial charge in [-0.3, -0.25) is 4.79 Å². The summed E-state index contributed by atoms with van der Waals surface area (Å²) in [5.41, 5.74) is 4.47. The van der Waals surface area contributed by atoms with Crippen LogP contribution in [0.25, 0.3) is 32.6 Å². The van der Waals surface area contributed by atoms with Gasteiger partial charge in [0.15, 0.2) is 12.4 Å². The number of ketones is 1. The van der Waals surface area contributed by atoms with E-state index in [1.54, 1.807) is 29.6 Å². The van der Waals surface area contributed by atoms with E-state index in [-0.39, 0.29) is 27.7 Å². The number of carbonyl (C=O) groups is 2. The van der Waals surface area contributed by atoms with Crippen molar-refractivity contribution in [1.82, 2.24) is 4.57 Å². The molecule has 0 aliphatic carbocycles. The van der Waals surface area contributed by atoms with E-state index < -0.39 is 24.9 Å². The molecule has 1 unspecified atom stereocenters. The van der Waals surface area contributed by atoms with E-state index in [0.717, 1.165) is 81.7 Å². The largest absolute Gasteiger partial charge is 0.486 e. The van der Waals surface area contributed by atoms with Crippen LogP contribution in [0, 0.1) is 12.8 Å². The minimum Gasteiger partial charge on any atom is -0.486 e. The van der Waals surface area contributed by atoms with Crippen molar-refractivity contribution in [3.05, 3.63) is 147 Å². The number of para-hydroxylation sites is 1. The lowest BCUT2D eigenvalue weighted by atomic mass is 9.92. The first-order valence-corrected chi connectivity index (χ1v) is 20.2. The fourth-order valence-corrected chi connectivity index (χ4v) is 8.04. The molecule has 7 rings (SSSR count). The van der Waals surface area contributed by atoms with Gasteiger partial charge in [0.2, 0.25) is 0 Å². The summed E-state index contributed by atoms with van der Waals surface area (Å²) in [7, 11) is 0. The average Bonchev–Trinajstić information content (AvgIpc) is 3.89. The average molecular weight is 807 g/mol. The second-order valence-corrected chi connectivity index (χ2v) is 15.4. The lowest BCUT2D eigenvalue weighted by Crippen LogP contribution is -2.34. The summed E-state index contributed by atoms with van der Waals surface area (Å²) in [6.07, 6.45) is 0.234. The molecule has 0 saturated heterocycles. The molecule has 2 heterocycles. The normalized spacial score (nSPS) is 12.8. The highest BCUT2D eigenvalue weighted by molar-refractivity contribution is 7.11. The van der Waals surface area contributed by atoms with Crippen LogP contribution in [-0.4, -0.2) is 41.0 Å². The zero-order valence-electron chi connectivity index (χ0n) is 32.3. The first-order valence-electron chi connectivity index (χ1n) is 19.3. The monoisotopic (exact) mass is 806 g/mol. The van der Waals surface area contributed by atoms with Crippen molar-refractivity contribution >= 4 is 61.4 Å². The fourth-order valence-electron chi connectivity index (χ4n) is 7.45. The standard InChI is InChI=1S/C47H42F4N2O4S/c1-4-6-15-30(5-2)27-53-39-23-22-31(25-36(39)37-26-38(33-17-9-10-18-34(33)43(37)53)44(54)32-16-8-7-14-29(32)3)42(52-57-45(55)41-21-13-24-58-41)35-19-11-12-20-40(35)56-28-47(50,51)46(48)49/h7-14,16-26,30,46H,4-6,15,27-28H2,1-3H3/b52-42-. The van der Waals surface area contributed by atoms with Crippen LogP contribution < -0.4 is 4.74 Å². The van der Waals surface area contributed by atoms with E-state index >= 15 is 0 Å². The molecular formula is C47H42F4N2O4S. The van der Waals surface area contributed by atoms with E-state index in [2.05, 4.69) is 23.6 Å². The van der Waals surface area contributed by atoms with Crippen LogP contribution in [0.15, 0.2) is 120 Å². The van der Waals surface area contributed by atoms with Gasteiger partial charge in [-0.25, -0.2) is 13.6 Å². The molecule has 0 amide bonds. The number of benzene rings is 5. The molecule has 0 radical (unpaired) electrons.